The Bertz CT molecular complexity index is 424. The summed E-state index contributed by atoms with van der Waals surface area (Å²) < 4.78 is 0. The van der Waals surface area contributed by atoms with E-state index in [9.17, 15) is 4.79 Å². The van der Waals surface area contributed by atoms with Crippen molar-refractivity contribution in [2.75, 3.05) is 5.73 Å². The summed E-state index contributed by atoms with van der Waals surface area (Å²) in [6.45, 7) is 3.89. The second-order valence-corrected chi connectivity index (χ2v) is 4.77. The smallest absolute Gasteiger partial charge is 0.253 e. The average Bonchev–Trinajstić information content (AvgIpc) is 2.19. The normalized spacial score (nSPS) is 17.6. The Morgan fingerprint density at radius 2 is 2.25 bits per heavy atom. The van der Waals surface area contributed by atoms with Crippen LogP contribution in [0.2, 0.25) is 0 Å². The lowest BCUT2D eigenvalue weighted by molar-refractivity contribution is 0.0849. The van der Waals surface area contributed by atoms with Crippen molar-refractivity contribution in [2.24, 2.45) is 0 Å². The first-order chi connectivity index (χ1) is 7.50. The third-order valence-electron chi connectivity index (χ3n) is 3.23. The number of aromatic nitrogens is 1. The van der Waals surface area contributed by atoms with Crippen LogP contribution in [0.4, 0.5) is 5.69 Å². The molecular formula is C12H17N3O. The molecular weight excluding hydrogens is 202 g/mol. The van der Waals surface area contributed by atoms with E-state index in [1.165, 1.54) is 6.42 Å². The fourth-order valence-corrected chi connectivity index (χ4v) is 1.95. The monoisotopic (exact) mass is 219 g/mol. The molecule has 0 unspecified atom stereocenters. The molecule has 1 heterocycles. The van der Waals surface area contributed by atoms with E-state index in [0.29, 0.717) is 11.3 Å². The fraction of sp³-hybridized carbons (Fsp3) is 0.500. The molecule has 3 N–H and O–H groups in total. The van der Waals surface area contributed by atoms with E-state index in [0.717, 1.165) is 18.5 Å². The van der Waals surface area contributed by atoms with Gasteiger partial charge in [-0.25, -0.2) is 0 Å². The van der Waals surface area contributed by atoms with Crippen LogP contribution in [0.3, 0.4) is 0 Å². The minimum atomic E-state index is -0.0699. The molecule has 0 saturated heterocycles. The number of carbonyl (C=O) groups excluding carboxylic acids is 1. The van der Waals surface area contributed by atoms with Gasteiger partial charge in [-0.2, -0.15) is 0 Å². The largest absolute Gasteiger partial charge is 0.397 e. The molecule has 1 saturated carbocycles. The van der Waals surface area contributed by atoms with E-state index in [1.807, 2.05) is 6.92 Å². The summed E-state index contributed by atoms with van der Waals surface area (Å²) in [4.78, 5) is 16.1. The molecule has 1 fully saturated rings. The van der Waals surface area contributed by atoms with Gasteiger partial charge >= 0.3 is 0 Å². The van der Waals surface area contributed by atoms with Crippen molar-refractivity contribution in [1.82, 2.24) is 10.3 Å². The van der Waals surface area contributed by atoms with Crippen molar-refractivity contribution in [1.29, 1.82) is 0 Å². The van der Waals surface area contributed by atoms with Crippen LogP contribution >= 0.6 is 0 Å². The minimum absolute atomic E-state index is 0.0336. The third-order valence-corrected chi connectivity index (χ3v) is 3.23. The zero-order valence-corrected chi connectivity index (χ0v) is 9.71. The van der Waals surface area contributed by atoms with E-state index in [-0.39, 0.29) is 11.4 Å². The molecule has 0 spiro atoms. The Hall–Kier alpha value is -1.58. The first-order valence-corrected chi connectivity index (χ1v) is 5.55. The molecule has 16 heavy (non-hydrogen) atoms. The van der Waals surface area contributed by atoms with Crippen LogP contribution in [0.5, 0.6) is 0 Å². The summed E-state index contributed by atoms with van der Waals surface area (Å²) in [6, 6.07) is 1.68. The Kier molecular flexibility index (Phi) is 2.58. The predicted molar refractivity (Wildman–Crippen MR) is 63.1 cm³/mol. The Labute approximate surface area is 95.3 Å². The van der Waals surface area contributed by atoms with E-state index >= 15 is 0 Å². The molecule has 1 aliphatic rings. The van der Waals surface area contributed by atoms with Crippen molar-refractivity contribution < 1.29 is 4.79 Å². The molecule has 1 aromatic heterocycles. The van der Waals surface area contributed by atoms with Crippen LogP contribution in [0.25, 0.3) is 0 Å². The SMILES string of the molecule is Cc1ncc(N)cc1C(=O)NC1(C)CCC1. The number of hydrogen-bond acceptors (Lipinski definition) is 3. The van der Waals surface area contributed by atoms with E-state index < -0.39 is 0 Å². The number of nitrogen functional groups attached to an aromatic ring is 1. The molecule has 2 rings (SSSR count). The number of anilines is 1. The molecule has 0 aromatic carbocycles. The van der Waals surface area contributed by atoms with Crippen LogP contribution in [0.1, 0.15) is 42.2 Å². The van der Waals surface area contributed by atoms with Gasteiger partial charge in [0.05, 0.1) is 23.1 Å². The van der Waals surface area contributed by atoms with Crippen LogP contribution < -0.4 is 11.1 Å². The van der Waals surface area contributed by atoms with E-state index in [2.05, 4.69) is 17.2 Å². The minimum Gasteiger partial charge on any atom is -0.397 e. The van der Waals surface area contributed by atoms with Gasteiger partial charge in [0.2, 0.25) is 0 Å². The highest BCUT2D eigenvalue weighted by Crippen LogP contribution is 2.31. The van der Waals surface area contributed by atoms with Gasteiger partial charge in [-0.15, -0.1) is 0 Å². The number of aryl methyl sites for hydroxylation is 1. The number of carbonyl (C=O) groups is 1. The van der Waals surface area contributed by atoms with E-state index in [4.69, 9.17) is 5.73 Å². The maximum Gasteiger partial charge on any atom is 0.253 e. The van der Waals surface area contributed by atoms with Gasteiger partial charge in [-0.05, 0) is 39.2 Å². The molecule has 0 radical (unpaired) electrons. The van der Waals surface area contributed by atoms with Gasteiger partial charge in [0, 0.05) is 5.54 Å². The summed E-state index contributed by atoms with van der Waals surface area (Å²) in [5, 5.41) is 3.04. The lowest BCUT2D eigenvalue weighted by Crippen LogP contribution is -2.51. The zero-order chi connectivity index (χ0) is 11.8. The van der Waals surface area contributed by atoms with Crippen molar-refractivity contribution in [2.45, 2.75) is 38.6 Å². The number of rotatable bonds is 2. The first-order valence-electron chi connectivity index (χ1n) is 5.55. The van der Waals surface area contributed by atoms with Crippen LogP contribution in [-0.2, 0) is 0 Å². The van der Waals surface area contributed by atoms with Gasteiger partial charge in [-0.3, -0.25) is 9.78 Å². The lowest BCUT2D eigenvalue weighted by atomic mass is 9.78. The molecule has 1 amide bonds. The Morgan fingerprint density at radius 1 is 1.56 bits per heavy atom. The van der Waals surface area contributed by atoms with Gasteiger partial charge in [0.25, 0.3) is 5.91 Å². The highest BCUT2D eigenvalue weighted by atomic mass is 16.1. The molecule has 1 aliphatic carbocycles. The molecule has 86 valence electrons. The number of hydrogen-bond donors (Lipinski definition) is 2. The third kappa shape index (κ3) is 2.01. The standard InChI is InChI=1S/C12H17N3O/c1-8-10(6-9(13)7-14-8)11(16)15-12(2)4-3-5-12/h6-7H,3-5,13H2,1-2H3,(H,15,16). The molecule has 4 nitrogen and oxygen atoms in total. The summed E-state index contributed by atoms with van der Waals surface area (Å²) in [6.07, 6.45) is 4.85. The molecule has 0 bridgehead atoms. The van der Waals surface area contributed by atoms with Crippen LogP contribution in [-0.4, -0.2) is 16.4 Å². The van der Waals surface area contributed by atoms with Gasteiger partial charge < -0.3 is 11.1 Å². The van der Waals surface area contributed by atoms with Crippen molar-refractivity contribution >= 4 is 11.6 Å². The lowest BCUT2D eigenvalue weighted by Gasteiger charge is -2.39. The molecule has 4 heteroatoms. The summed E-state index contributed by atoms with van der Waals surface area (Å²) >= 11 is 0. The number of pyridine rings is 1. The fourth-order valence-electron chi connectivity index (χ4n) is 1.95. The second kappa shape index (κ2) is 3.77. The summed E-state index contributed by atoms with van der Waals surface area (Å²) in [5.74, 6) is -0.0699. The Balaban J connectivity index is 2.17. The zero-order valence-electron chi connectivity index (χ0n) is 9.71. The highest BCUT2D eigenvalue weighted by molar-refractivity contribution is 5.96. The first kappa shape index (κ1) is 10.9. The van der Waals surface area contributed by atoms with Crippen molar-refractivity contribution in [3.05, 3.63) is 23.5 Å². The molecule has 0 atom stereocenters. The van der Waals surface area contributed by atoms with Crippen molar-refractivity contribution in [3.63, 3.8) is 0 Å². The maximum absolute atomic E-state index is 12.0. The number of amides is 1. The molecule has 0 aliphatic heterocycles. The highest BCUT2D eigenvalue weighted by Gasteiger charge is 2.33. The number of nitrogens with two attached hydrogens (primary N) is 1. The average molecular weight is 219 g/mol. The quantitative estimate of drug-likeness (QED) is 0.794. The van der Waals surface area contributed by atoms with Gasteiger partial charge in [0.1, 0.15) is 0 Å². The van der Waals surface area contributed by atoms with Crippen LogP contribution in [0, 0.1) is 6.92 Å². The van der Waals surface area contributed by atoms with Crippen LogP contribution in [0.15, 0.2) is 12.3 Å². The second-order valence-electron chi connectivity index (χ2n) is 4.77. The van der Waals surface area contributed by atoms with Gasteiger partial charge in [0.15, 0.2) is 0 Å². The van der Waals surface area contributed by atoms with Crippen molar-refractivity contribution in [3.8, 4) is 0 Å². The number of nitrogens with one attached hydrogen (secondary N) is 1. The summed E-state index contributed by atoms with van der Waals surface area (Å²) in [7, 11) is 0. The molecule has 1 aromatic rings. The van der Waals surface area contributed by atoms with E-state index in [1.54, 1.807) is 12.3 Å². The number of nitrogens with zero attached hydrogens (tertiary/aromatic N) is 1. The predicted octanol–water partition coefficient (Wildman–Crippen LogP) is 1.64. The topological polar surface area (TPSA) is 68.0 Å². The Morgan fingerprint density at radius 3 is 2.81 bits per heavy atom. The van der Waals surface area contributed by atoms with Gasteiger partial charge in [-0.1, -0.05) is 0 Å². The summed E-state index contributed by atoms with van der Waals surface area (Å²) in [5.41, 5.74) is 7.42. The maximum atomic E-state index is 12.0.